The number of alkyl halides is 24. The summed E-state index contributed by atoms with van der Waals surface area (Å²) in [5, 5.41) is 18.2. The number of hydrogen-bond acceptors (Lipinski definition) is 2. The van der Waals surface area contributed by atoms with E-state index in [0.29, 0.717) is 0 Å². The highest BCUT2D eigenvalue weighted by Gasteiger charge is 2.89. The van der Waals surface area contributed by atoms with Gasteiger partial charge in [-0.25, -0.2) is 27.2 Å². The lowest BCUT2D eigenvalue weighted by atomic mass is 9.81. The Balaban J connectivity index is 6.18. The quantitative estimate of drug-likeness (QED) is 0.113. The smallest absolute Gasteiger partial charge is 0.407 e. The Morgan fingerprint density at radius 2 is 0.782 bits per heavy atom. The average molecular weight is 874 g/mol. The van der Waals surface area contributed by atoms with E-state index in [0.717, 1.165) is 20.8 Å². The lowest BCUT2D eigenvalue weighted by molar-refractivity contribution is -0.413. The molecular formula is C25H26F24N2O4. The first-order valence-corrected chi connectivity index (χ1v) is 14.1. The fourth-order valence-corrected chi connectivity index (χ4v) is 4.66. The van der Waals surface area contributed by atoms with Crippen molar-refractivity contribution in [1.29, 1.82) is 0 Å². The van der Waals surface area contributed by atoms with E-state index in [4.69, 9.17) is 10.2 Å². The molecule has 0 bridgehead atoms. The molecule has 0 fully saturated rings. The van der Waals surface area contributed by atoms with Crippen molar-refractivity contribution in [3.05, 3.63) is 0 Å². The van der Waals surface area contributed by atoms with Crippen LogP contribution in [0.15, 0.2) is 0 Å². The van der Waals surface area contributed by atoms with Crippen LogP contribution in [0.25, 0.3) is 0 Å². The molecule has 0 aromatic heterocycles. The SMILES string of the molecule is CC(CCN(CC(F)(F)C(F)(F)C(F)(F)C(F)(F)C(F)(F)C(F)F)C(=O)O)CC(C)(C)CN(CC(F)(F)C(F)(F)C(F)(F)C(F)(F)C(F)(F)C(F)F)C(=O)O. The van der Waals surface area contributed by atoms with Crippen LogP contribution >= 0.6 is 0 Å². The Bertz CT molecular complexity index is 1340. The van der Waals surface area contributed by atoms with Gasteiger partial charge < -0.3 is 20.0 Å². The molecule has 0 radical (unpaired) electrons. The van der Waals surface area contributed by atoms with E-state index in [9.17, 15) is 115 Å². The molecule has 6 nitrogen and oxygen atoms in total. The van der Waals surface area contributed by atoms with Crippen LogP contribution in [0.1, 0.15) is 33.6 Å². The monoisotopic (exact) mass is 874 g/mol. The summed E-state index contributed by atoms with van der Waals surface area (Å²) in [6, 6.07) is 0. The molecule has 1 atom stereocenters. The van der Waals surface area contributed by atoms with Gasteiger partial charge in [0, 0.05) is 13.1 Å². The average Bonchev–Trinajstić information content (AvgIpc) is 2.96. The van der Waals surface area contributed by atoms with Crippen molar-refractivity contribution in [2.24, 2.45) is 11.3 Å². The molecule has 2 N–H and O–H groups in total. The van der Waals surface area contributed by atoms with Crippen molar-refractivity contribution in [3.63, 3.8) is 0 Å². The molecule has 2 amide bonds. The summed E-state index contributed by atoms with van der Waals surface area (Å²) in [6.45, 7) is -7.12. The Morgan fingerprint density at radius 3 is 1.05 bits per heavy atom. The van der Waals surface area contributed by atoms with Crippen molar-refractivity contribution in [3.8, 4) is 0 Å². The Labute approximate surface area is 291 Å². The fraction of sp³-hybridized carbons (Fsp3) is 0.920. The van der Waals surface area contributed by atoms with Gasteiger partial charge in [0.1, 0.15) is 0 Å². The molecule has 0 saturated heterocycles. The Kier molecular flexibility index (Phi) is 14.8. The number of rotatable bonds is 21. The van der Waals surface area contributed by atoms with E-state index in [2.05, 4.69) is 0 Å². The minimum atomic E-state index is -8.01. The van der Waals surface area contributed by atoms with Gasteiger partial charge in [0.25, 0.3) is 0 Å². The summed E-state index contributed by atoms with van der Waals surface area (Å²) in [4.78, 5) is 21.0. The number of halogens is 24. The minimum absolute atomic E-state index is 0.791. The summed E-state index contributed by atoms with van der Waals surface area (Å²) in [6.07, 6.45) is -18.9. The zero-order valence-electron chi connectivity index (χ0n) is 27.2. The van der Waals surface area contributed by atoms with Crippen molar-refractivity contribution in [2.45, 2.75) is 106 Å². The van der Waals surface area contributed by atoms with Gasteiger partial charge in [-0.1, -0.05) is 20.8 Å². The molecule has 0 rings (SSSR count). The van der Waals surface area contributed by atoms with Crippen LogP contribution in [0, 0.1) is 11.3 Å². The van der Waals surface area contributed by atoms with Crippen LogP contribution in [0.5, 0.6) is 0 Å². The van der Waals surface area contributed by atoms with Crippen molar-refractivity contribution in [1.82, 2.24) is 9.80 Å². The predicted octanol–water partition coefficient (Wildman–Crippen LogP) is 10.3. The minimum Gasteiger partial charge on any atom is -0.465 e. The van der Waals surface area contributed by atoms with Crippen molar-refractivity contribution < 1.29 is 125 Å². The van der Waals surface area contributed by atoms with Crippen LogP contribution in [-0.4, -0.2) is 130 Å². The normalized spacial score (nSPS) is 15.8. The van der Waals surface area contributed by atoms with E-state index >= 15 is 0 Å². The maximum absolute atomic E-state index is 14.4. The van der Waals surface area contributed by atoms with E-state index in [1.165, 1.54) is 0 Å². The molecule has 328 valence electrons. The standard InChI is InChI=1S/C25H26F24N2O4/c1-10(4-5-50(13(52)53)8-16(30,31)20(38,39)24(46,47)22(42,43)18(34,35)11(26)27)6-15(2,3)7-51(14(54)55)9-17(32,33)21(40,41)25(48,49)23(44,45)19(36,37)12(28)29/h10-12H,4-9H2,1-3H3,(H,52,53)(H,54,55). The van der Waals surface area contributed by atoms with Crippen LogP contribution in [0.2, 0.25) is 0 Å². The molecule has 0 spiro atoms. The number of carbonyl (C=O) groups is 2. The molecule has 0 heterocycles. The molecule has 0 aromatic carbocycles. The van der Waals surface area contributed by atoms with Gasteiger partial charge in [-0.3, -0.25) is 0 Å². The summed E-state index contributed by atoms with van der Waals surface area (Å²) < 4.78 is 324. The van der Waals surface area contributed by atoms with Crippen LogP contribution in [0.4, 0.5) is 115 Å². The highest BCUT2D eigenvalue weighted by molar-refractivity contribution is 5.65. The molecule has 0 aromatic rings. The molecular weight excluding hydrogens is 848 g/mol. The highest BCUT2D eigenvalue weighted by Crippen LogP contribution is 2.60. The van der Waals surface area contributed by atoms with Crippen molar-refractivity contribution >= 4 is 12.2 Å². The second-order valence-electron chi connectivity index (χ2n) is 12.8. The topological polar surface area (TPSA) is 81.1 Å². The summed E-state index contributed by atoms with van der Waals surface area (Å²) in [5.41, 5.74) is -2.01. The zero-order chi connectivity index (χ0) is 44.8. The molecule has 55 heavy (non-hydrogen) atoms. The lowest BCUT2D eigenvalue weighted by Crippen LogP contribution is -2.70. The largest absolute Gasteiger partial charge is 0.465 e. The first-order valence-electron chi connectivity index (χ1n) is 14.1. The lowest BCUT2D eigenvalue weighted by Gasteiger charge is -2.41. The van der Waals surface area contributed by atoms with Gasteiger partial charge in [0.15, 0.2) is 0 Å². The van der Waals surface area contributed by atoms with E-state index in [-0.39, 0.29) is 0 Å². The second kappa shape index (κ2) is 15.7. The number of carboxylic acid groups (broad SMARTS) is 2. The van der Waals surface area contributed by atoms with Crippen LogP contribution < -0.4 is 0 Å². The van der Waals surface area contributed by atoms with Crippen LogP contribution in [0.3, 0.4) is 0 Å². The van der Waals surface area contributed by atoms with E-state index < -0.39 is 144 Å². The fourth-order valence-electron chi connectivity index (χ4n) is 4.66. The summed E-state index contributed by atoms with van der Waals surface area (Å²) in [5.74, 6) is -76.9. The first-order chi connectivity index (χ1) is 23.8. The van der Waals surface area contributed by atoms with Gasteiger partial charge in [-0.2, -0.15) is 87.8 Å². The molecule has 0 aliphatic carbocycles. The predicted molar refractivity (Wildman–Crippen MR) is 133 cm³/mol. The number of hydrogen-bond donors (Lipinski definition) is 2. The molecule has 0 saturated carbocycles. The third kappa shape index (κ3) is 9.37. The van der Waals surface area contributed by atoms with Crippen molar-refractivity contribution in [2.75, 3.05) is 26.2 Å². The summed E-state index contributed by atoms with van der Waals surface area (Å²) >= 11 is 0. The highest BCUT2D eigenvalue weighted by atomic mass is 19.4. The molecule has 30 heteroatoms. The van der Waals surface area contributed by atoms with Gasteiger partial charge in [0.2, 0.25) is 0 Å². The number of amides is 2. The van der Waals surface area contributed by atoms with Crippen LogP contribution in [-0.2, 0) is 0 Å². The van der Waals surface area contributed by atoms with E-state index in [1.54, 1.807) is 0 Å². The maximum atomic E-state index is 14.4. The van der Waals surface area contributed by atoms with Gasteiger partial charge in [-0.15, -0.1) is 0 Å². The van der Waals surface area contributed by atoms with Gasteiger partial charge >= 0.3 is 84.3 Å². The Hall–Kier alpha value is -3.14. The molecule has 1 unspecified atom stereocenters. The summed E-state index contributed by atoms with van der Waals surface area (Å²) in [7, 11) is 0. The first kappa shape index (κ1) is 51.9. The van der Waals surface area contributed by atoms with Gasteiger partial charge in [-0.05, 0) is 24.2 Å². The maximum Gasteiger partial charge on any atom is 0.407 e. The number of nitrogens with zero attached hydrogens (tertiary/aromatic N) is 2. The third-order valence-electron chi connectivity index (χ3n) is 7.61. The molecule has 0 aliphatic heterocycles. The van der Waals surface area contributed by atoms with Gasteiger partial charge in [0.05, 0.1) is 13.1 Å². The molecule has 0 aliphatic rings. The second-order valence-corrected chi connectivity index (χ2v) is 12.8. The van der Waals surface area contributed by atoms with E-state index in [1.807, 2.05) is 0 Å². The third-order valence-corrected chi connectivity index (χ3v) is 7.61. The zero-order valence-corrected chi connectivity index (χ0v) is 27.2. The Morgan fingerprint density at radius 1 is 0.491 bits per heavy atom.